The maximum absolute atomic E-state index is 6.30. The fourth-order valence-electron chi connectivity index (χ4n) is 3.47. The van der Waals surface area contributed by atoms with Gasteiger partial charge >= 0.3 is 0 Å². The highest BCUT2D eigenvalue weighted by molar-refractivity contribution is 5.75. The topological polar surface area (TPSA) is 29.3 Å². The summed E-state index contributed by atoms with van der Waals surface area (Å²) < 4.78 is 0. The number of anilines is 2. The quantitative estimate of drug-likeness (QED) is 0.777. The van der Waals surface area contributed by atoms with Crippen LogP contribution in [0.3, 0.4) is 0 Å². The lowest BCUT2D eigenvalue weighted by Gasteiger charge is -2.35. The summed E-state index contributed by atoms with van der Waals surface area (Å²) in [6.07, 6.45) is 3.27. The molecule has 0 saturated carbocycles. The Balaban J connectivity index is 1.98. The fraction of sp³-hybridized carbons (Fsp3) is 0.294. The number of benzene rings is 2. The lowest BCUT2D eigenvalue weighted by molar-refractivity contribution is 0.624. The van der Waals surface area contributed by atoms with Crippen molar-refractivity contribution in [2.75, 3.05) is 11.4 Å². The van der Waals surface area contributed by atoms with Gasteiger partial charge in [0.25, 0.3) is 0 Å². The summed E-state index contributed by atoms with van der Waals surface area (Å²) in [5, 5.41) is 0. The molecule has 1 atom stereocenters. The number of fused-ring (bicyclic) bond motifs is 2. The van der Waals surface area contributed by atoms with Crippen LogP contribution in [0.25, 0.3) is 0 Å². The Kier molecular flexibility index (Phi) is 2.39. The van der Waals surface area contributed by atoms with E-state index in [2.05, 4.69) is 47.4 Å². The van der Waals surface area contributed by atoms with Gasteiger partial charge in [-0.15, -0.1) is 0 Å². The monoisotopic (exact) mass is 250 g/mol. The van der Waals surface area contributed by atoms with Crippen molar-refractivity contribution in [1.29, 1.82) is 0 Å². The standard InChI is InChI=1S/C17H18N2/c18-15-10-11-19-16-7-2-1-4-12(16)8-9-13-5-3-6-14(15)17(13)19/h1-7,15H,8-11,18H2. The van der Waals surface area contributed by atoms with Crippen molar-refractivity contribution >= 4 is 11.4 Å². The van der Waals surface area contributed by atoms with Crippen LogP contribution in [0.1, 0.15) is 29.2 Å². The highest BCUT2D eigenvalue weighted by atomic mass is 15.2. The molecule has 2 N–H and O–H groups in total. The maximum Gasteiger partial charge on any atom is 0.0491 e. The van der Waals surface area contributed by atoms with E-state index in [1.54, 1.807) is 0 Å². The van der Waals surface area contributed by atoms with E-state index in [-0.39, 0.29) is 6.04 Å². The number of hydrogen-bond acceptors (Lipinski definition) is 2. The largest absolute Gasteiger partial charge is 0.341 e. The lowest BCUT2D eigenvalue weighted by atomic mass is 9.93. The number of hydrogen-bond donors (Lipinski definition) is 1. The van der Waals surface area contributed by atoms with E-state index in [4.69, 9.17) is 5.73 Å². The van der Waals surface area contributed by atoms with Crippen LogP contribution in [0, 0.1) is 0 Å². The molecule has 19 heavy (non-hydrogen) atoms. The first kappa shape index (κ1) is 11.1. The Bertz CT molecular complexity index is 633. The van der Waals surface area contributed by atoms with Crippen LogP contribution >= 0.6 is 0 Å². The molecule has 2 aliphatic heterocycles. The van der Waals surface area contributed by atoms with Crippen molar-refractivity contribution in [3.05, 3.63) is 59.2 Å². The maximum atomic E-state index is 6.30. The predicted octanol–water partition coefficient (Wildman–Crippen LogP) is 3.33. The second-order valence-electron chi connectivity index (χ2n) is 5.53. The molecule has 0 spiro atoms. The molecule has 0 aromatic heterocycles. The first-order chi connectivity index (χ1) is 9.34. The van der Waals surface area contributed by atoms with Crippen molar-refractivity contribution in [3.63, 3.8) is 0 Å². The van der Waals surface area contributed by atoms with E-state index < -0.39 is 0 Å². The molecule has 1 unspecified atom stereocenters. The van der Waals surface area contributed by atoms with E-state index >= 15 is 0 Å². The second kappa shape index (κ2) is 4.10. The molecule has 0 aliphatic carbocycles. The molecular formula is C17H18N2. The normalized spacial score (nSPS) is 20.5. The van der Waals surface area contributed by atoms with Crippen LogP contribution in [0.5, 0.6) is 0 Å². The van der Waals surface area contributed by atoms with E-state index in [9.17, 15) is 0 Å². The smallest absolute Gasteiger partial charge is 0.0491 e. The number of aryl methyl sites for hydroxylation is 2. The van der Waals surface area contributed by atoms with Gasteiger partial charge in [-0.3, -0.25) is 0 Å². The van der Waals surface area contributed by atoms with Crippen molar-refractivity contribution in [3.8, 4) is 0 Å². The summed E-state index contributed by atoms with van der Waals surface area (Å²) in [5.41, 5.74) is 13.3. The number of rotatable bonds is 0. The summed E-state index contributed by atoms with van der Waals surface area (Å²) in [7, 11) is 0. The lowest BCUT2D eigenvalue weighted by Crippen LogP contribution is -2.30. The molecule has 0 bridgehead atoms. The molecule has 4 rings (SSSR count). The van der Waals surface area contributed by atoms with Gasteiger partial charge in [0.05, 0.1) is 0 Å². The summed E-state index contributed by atoms with van der Waals surface area (Å²) in [6.45, 7) is 1.03. The molecular weight excluding hydrogens is 232 g/mol. The first-order valence-corrected chi connectivity index (χ1v) is 7.07. The molecule has 2 aromatic rings. The van der Waals surface area contributed by atoms with Gasteiger partial charge in [0.1, 0.15) is 0 Å². The zero-order valence-electron chi connectivity index (χ0n) is 11.0. The highest BCUT2D eigenvalue weighted by Gasteiger charge is 2.28. The highest BCUT2D eigenvalue weighted by Crippen LogP contribution is 2.43. The molecule has 2 aromatic carbocycles. The third kappa shape index (κ3) is 1.60. The number of nitrogens with two attached hydrogens (primary N) is 1. The fourth-order valence-corrected chi connectivity index (χ4v) is 3.47. The summed E-state index contributed by atoms with van der Waals surface area (Å²) in [6, 6.07) is 15.6. The second-order valence-corrected chi connectivity index (χ2v) is 5.53. The van der Waals surface area contributed by atoms with Gasteiger partial charge < -0.3 is 10.6 Å². The molecule has 0 saturated heterocycles. The van der Waals surface area contributed by atoms with Crippen LogP contribution in [-0.2, 0) is 12.8 Å². The molecule has 0 fully saturated rings. The Labute approximate surface area is 113 Å². The molecule has 2 nitrogen and oxygen atoms in total. The Morgan fingerprint density at radius 3 is 2.68 bits per heavy atom. The average molecular weight is 250 g/mol. The summed E-state index contributed by atoms with van der Waals surface area (Å²) in [5.74, 6) is 0. The van der Waals surface area contributed by atoms with Gasteiger partial charge in [0.15, 0.2) is 0 Å². The predicted molar refractivity (Wildman–Crippen MR) is 78.8 cm³/mol. The van der Waals surface area contributed by atoms with E-state index in [0.717, 1.165) is 25.8 Å². The minimum atomic E-state index is 0.191. The van der Waals surface area contributed by atoms with Crippen molar-refractivity contribution in [2.45, 2.75) is 25.3 Å². The third-order valence-electron chi connectivity index (χ3n) is 4.43. The minimum Gasteiger partial charge on any atom is -0.341 e. The number of para-hydroxylation sites is 2. The molecule has 2 heteroatoms. The third-order valence-corrected chi connectivity index (χ3v) is 4.43. The Hall–Kier alpha value is -1.80. The SMILES string of the molecule is NC1CCN2c3ccccc3CCc3cccc1c32. The minimum absolute atomic E-state index is 0.191. The van der Waals surface area contributed by atoms with Gasteiger partial charge in [-0.25, -0.2) is 0 Å². The van der Waals surface area contributed by atoms with Crippen LogP contribution < -0.4 is 10.6 Å². The zero-order valence-corrected chi connectivity index (χ0v) is 11.0. The molecule has 0 amide bonds. The van der Waals surface area contributed by atoms with Crippen molar-refractivity contribution < 1.29 is 0 Å². The zero-order chi connectivity index (χ0) is 12.8. The Morgan fingerprint density at radius 2 is 1.74 bits per heavy atom. The average Bonchev–Trinajstić information content (AvgIpc) is 2.62. The molecule has 2 heterocycles. The van der Waals surface area contributed by atoms with Crippen LogP contribution in [0.2, 0.25) is 0 Å². The summed E-state index contributed by atoms with van der Waals surface area (Å²) >= 11 is 0. The number of nitrogens with zero attached hydrogens (tertiary/aromatic N) is 1. The van der Waals surface area contributed by atoms with Crippen molar-refractivity contribution in [1.82, 2.24) is 0 Å². The van der Waals surface area contributed by atoms with Gasteiger partial charge in [-0.05, 0) is 42.0 Å². The van der Waals surface area contributed by atoms with Gasteiger partial charge in [-0.1, -0.05) is 36.4 Å². The van der Waals surface area contributed by atoms with Gasteiger partial charge in [-0.2, -0.15) is 0 Å². The van der Waals surface area contributed by atoms with E-state index in [0.29, 0.717) is 0 Å². The molecule has 0 radical (unpaired) electrons. The van der Waals surface area contributed by atoms with Crippen LogP contribution in [-0.4, -0.2) is 6.54 Å². The van der Waals surface area contributed by atoms with E-state index in [1.165, 1.54) is 28.1 Å². The molecule has 2 aliphatic rings. The van der Waals surface area contributed by atoms with Crippen molar-refractivity contribution in [2.24, 2.45) is 5.73 Å². The van der Waals surface area contributed by atoms with Gasteiger partial charge in [0, 0.05) is 24.0 Å². The van der Waals surface area contributed by atoms with Gasteiger partial charge in [0.2, 0.25) is 0 Å². The van der Waals surface area contributed by atoms with Crippen LogP contribution in [0.4, 0.5) is 11.4 Å². The Morgan fingerprint density at radius 1 is 0.947 bits per heavy atom. The first-order valence-electron chi connectivity index (χ1n) is 7.07. The molecule has 96 valence electrons. The summed E-state index contributed by atoms with van der Waals surface area (Å²) in [4.78, 5) is 2.48. The van der Waals surface area contributed by atoms with Crippen LogP contribution in [0.15, 0.2) is 42.5 Å². The van der Waals surface area contributed by atoms with E-state index in [1.807, 2.05) is 0 Å².